The Labute approximate surface area is 230 Å². The van der Waals surface area contributed by atoms with E-state index in [0.29, 0.717) is 16.5 Å². The maximum Gasteiger partial charge on any atom is 0.339 e. The minimum Gasteiger partial charge on any atom is -0.508 e. The van der Waals surface area contributed by atoms with Crippen molar-refractivity contribution in [3.05, 3.63) is 75.6 Å². The number of amides is 3. The van der Waals surface area contributed by atoms with E-state index in [9.17, 15) is 34.2 Å². The minimum atomic E-state index is -1.20. The highest BCUT2D eigenvalue weighted by Crippen LogP contribution is 2.23. The fourth-order valence-corrected chi connectivity index (χ4v) is 4.25. The Morgan fingerprint density at radius 2 is 1.68 bits per heavy atom. The quantitative estimate of drug-likeness (QED) is 0.212. The third-order valence-electron chi connectivity index (χ3n) is 6.48. The van der Waals surface area contributed by atoms with Crippen LogP contribution in [-0.4, -0.2) is 52.5 Å². The summed E-state index contributed by atoms with van der Waals surface area (Å²) < 4.78 is 5.26. The molecule has 2 atom stereocenters. The number of aliphatic carboxylic acids is 1. The number of rotatable bonds is 12. The predicted octanol–water partition coefficient (Wildman–Crippen LogP) is 1.81. The van der Waals surface area contributed by atoms with Gasteiger partial charge in [0.1, 0.15) is 23.4 Å². The molecule has 0 spiro atoms. The van der Waals surface area contributed by atoms with Gasteiger partial charge < -0.3 is 30.6 Å². The van der Waals surface area contributed by atoms with Crippen molar-refractivity contribution in [2.75, 3.05) is 6.54 Å². The van der Waals surface area contributed by atoms with Crippen LogP contribution in [0.25, 0.3) is 11.0 Å². The second-order valence-corrected chi connectivity index (χ2v) is 9.83. The number of carbonyl (C=O) groups excluding carboxylic acids is 3. The van der Waals surface area contributed by atoms with Crippen molar-refractivity contribution in [3.63, 3.8) is 0 Å². The Morgan fingerprint density at radius 1 is 0.975 bits per heavy atom. The Balaban J connectivity index is 1.54. The molecule has 0 radical (unpaired) electrons. The Morgan fingerprint density at radius 3 is 2.33 bits per heavy atom. The monoisotopic (exact) mass is 551 g/mol. The highest BCUT2D eigenvalue weighted by molar-refractivity contribution is 5.92. The second kappa shape index (κ2) is 13.4. The van der Waals surface area contributed by atoms with Gasteiger partial charge in [0.15, 0.2) is 0 Å². The lowest BCUT2D eigenvalue weighted by atomic mass is 10.0. The molecule has 3 amide bonds. The first-order chi connectivity index (χ1) is 19.0. The van der Waals surface area contributed by atoms with Crippen LogP contribution in [0.3, 0.4) is 0 Å². The number of phenols is 1. The molecule has 0 aliphatic rings. The van der Waals surface area contributed by atoms with E-state index in [1.807, 2.05) is 0 Å². The van der Waals surface area contributed by atoms with Gasteiger partial charge in [0.2, 0.25) is 17.7 Å². The van der Waals surface area contributed by atoms with Crippen molar-refractivity contribution in [1.29, 1.82) is 0 Å². The number of carboxylic acid groups (broad SMARTS) is 1. The van der Waals surface area contributed by atoms with Gasteiger partial charge in [0.25, 0.3) is 0 Å². The average molecular weight is 552 g/mol. The molecule has 0 aliphatic carbocycles. The third-order valence-corrected chi connectivity index (χ3v) is 6.48. The van der Waals surface area contributed by atoms with Crippen LogP contribution in [0, 0.1) is 12.8 Å². The Kier molecular flexibility index (Phi) is 10.0. The van der Waals surface area contributed by atoms with Crippen LogP contribution >= 0.6 is 0 Å². The molecule has 11 heteroatoms. The molecule has 0 fully saturated rings. The van der Waals surface area contributed by atoms with E-state index >= 15 is 0 Å². The number of benzene rings is 2. The molecule has 2 unspecified atom stereocenters. The Hall–Kier alpha value is -4.67. The molecule has 2 aromatic carbocycles. The van der Waals surface area contributed by atoms with Crippen LogP contribution in [0.2, 0.25) is 0 Å². The molecule has 3 rings (SSSR count). The topological polar surface area (TPSA) is 175 Å². The normalized spacial score (nSPS) is 12.5. The zero-order valence-electron chi connectivity index (χ0n) is 22.5. The molecule has 0 aliphatic heterocycles. The fraction of sp³-hybridized carbons (Fsp3) is 0.345. The minimum absolute atomic E-state index is 0.0356. The number of aromatic hydroxyl groups is 1. The van der Waals surface area contributed by atoms with E-state index in [2.05, 4.69) is 16.0 Å². The highest BCUT2D eigenvalue weighted by Gasteiger charge is 2.29. The zero-order valence-corrected chi connectivity index (χ0v) is 22.5. The van der Waals surface area contributed by atoms with Crippen LogP contribution in [0.5, 0.6) is 5.75 Å². The van der Waals surface area contributed by atoms with E-state index in [-0.39, 0.29) is 36.5 Å². The number of hydrogen-bond acceptors (Lipinski definition) is 7. The van der Waals surface area contributed by atoms with Gasteiger partial charge in [-0.2, -0.15) is 0 Å². The van der Waals surface area contributed by atoms with Gasteiger partial charge in [0, 0.05) is 29.9 Å². The van der Waals surface area contributed by atoms with Gasteiger partial charge in [-0.15, -0.1) is 0 Å². The number of hydrogen-bond donors (Lipinski definition) is 5. The van der Waals surface area contributed by atoms with Crippen molar-refractivity contribution in [2.45, 2.75) is 52.1 Å². The summed E-state index contributed by atoms with van der Waals surface area (Å²) in [6.45, 7) is 4.72. The fourth-order valence-electron chi connectivity index (χ4n) is 4.25. The summed E-state index contributed by atoms with van der Waals surface area (Å²) in [6.07, 6.45) is 0.0675. The van der Waals surface area contributed by atoms with Gasteiger partial charge >= 0.3 is 11.6 Å². The smallest absolute Gasteiger partial charge is 0.339 e. The maximum absolute atomic E-state index is 12.9. The molecular weight excluding hydrogens is 518 g/mol. The van der Waals surface area contributed by atoms with Crippen molar-refractivity contribution in [3.8, 4) is 5.75 Å². The van der Waals surface area contributed by atoms with Crippen LogP contribution < -0.4 is 21.6 Å². The number of aryl methyl sites for hydroxylation is 1. The van der Waals surface area contributed by atoms with Crippen LogP contribution in [-0.2, 0) is 32.0 Å². The second-order valence-electron chi connectivity index (χ2n) is 9.83. The number of phenolic OH excluding ortho intramolecular Hbond substituents is 1. The van der Waals surface area contributed by atoms with Gasteiger partial charge in [-0.3, -0.25) is 14.4 Å². The first-order valence-corrected chi connectivity index (χ1v) is 12.8. The average Bonchev–Trinajstić information content (AvgIpc) is 2.90. The van der Waals surface area contributed by atoms with Crippen LogP contribution in [0.4, 0.5) is 0 Å². The highest BCUT2D eigenvalue weighted by atomic mass is 16.4. The van der Waals surface area contributed by atoms with Gasteiger partial charge in [0.05, 0.1) is 6.54 Å². The van der Waals surface area contributed by atoms with Crippen molar-refractivity contribution in [1.82, 2.24) is 16.0 Å². The summed E-state index contributed by atoms with van der Waals surface area (Å²) in [5.74, 6) is -3.36. The van der Waals surface area contributed by atoms with Gasteiger partial charge in [-0.05, 0) is 42.5 Å². The molecule has 212 valence electrons. The lowest BCUT2D eigenvalue weighted by Gasteiger charge is -2.24. The standard InChI is InChI=1S/C29H33N3O8/c1-16(2)26(27(36)31-22(28(37)38)13-18-7-5-4-6-8-18)32-25(35)15-30-24(34)12-11-21-17(3)20-10-9-19(33)14-23(20)40-29(21)39/h4-10,14,16,22,26,33H,11-13,15H2,1-3H3,(H,30,34)(H,31,36)(H,32,35)(H,37,38). The number of carboxylic acids is 1. The third kappa shape index (κ3) is 7.92. The van der Waals surface area contributed by atoms with E-state index in [4.69, 9.17) is 4.42 Å². The van der Waals surface area contributed by atoms with Crippen molar-refractivity contribution in [2.24, 2.45) is 5.92 Å². The summed E-state index contributed by atoms with van der Waals surface area (Å²) in [5.41, 5.74) is 1.32. The lowest BCUT2D eigenvalue weighted by molar-refractivity contribution is -0.142. The van der Waals surface area contributed by atoms with E-state index in [1.54, 1.807) is 57.2 Å². The lowest BCUT2D eigenvalue weighted by Crippen LogP contribution is -2.55. The number of carbonyl (C=O) groups is 4. The zero-order chi connectivity index (χ0) is 29.4. The molecule has 0 saturated heterocycles. The summed E-state index contributed by atoms with van der Waals surface area (Å²) in [6, 6.07) is 11.1. The van der Waals surface area contributed by atoms with Gasteiger partial charge in [-0.25, -0.2) is 9.59 Å². The molecule has 0 saturated carbocycles. The summed E-state index contributed by atoms with van der Waals surface area (Å²) in [7, 11) is 0. The number of fused-ring (bicyclic) bond motifs is 1. The molecule has 3 aromatic rings. The maximum atomic E-state index is 12.9. The number of nitrogens with one attached hydrogen (secondary N) is 3. The van der Waals surface area contributed by atoms with E-state index < -0.39 is 47.9 Å². The van der Waals surface area contributed by atoms with Crippen LogP contribution in [0.1, 0.15) is 37.0 Å². The van der Waals surface area contributed by atoms with Crippen molar-refractivity contribution >= 4 is 34.7 Å². The first kappa shape index (κ1) is 29.9. The van der Waals surface area contributed by atoms with Crippen LogP contribution in [0.15, 0.2) is 57.7 Å². The SMILES string of the molecule is Cc1c(CCC(=O)NCC(=O)NC(C(=O)NC(Cc2ccccc2)C(=O)O)C(C)C)c(=O)oc2cc(O)ccc12. The van der Waals surface area contributed by atoms with Gasteiger partial charge in [-0.1, -0.05) is 44.2 Å². The molecule has 0 bridgehead atoms. The largest absolute Gasteiger partial charge is 0.508 e. The molecular formula is C29H33N3O8. The molecule has 1 heterocycles. The predicted molar refractivity (Wildman–Crippen MR) is 147 cm³/mol. The molecule has 40 heavy (non-hydrogen) atoms. The molecule has 1 aromatic heterocycles. The van der Waals surface area contributed by atoms with Crippen molar-refractivity contribution < 1.29 is 33.8 Å². The summed E-state index contributed by atoms with van der Waals surface area (Å²) in [4.78, 5) is 61.9. The molecule has 11 nitrogen and oxygen atoms in total. The molecule has 5 N–H and O–H groups in total. The van der Waals surface area contributed by atoms with E-state index in [0.717, 1.165) is 5.56 Å². The van der Waals surface area contributed by atoms with E-state index in [1.165, 1.54) is 12.1 Å². The summed E-state index contributed by atoms with van der Waals surface area (Å²) >= 11 is 0. The summed E-state index contributed by atoms with van der Waals surface area (Å²) in [5, 5.41) is 27.3. The Bertz CT molecular complexity index is 1450. The first-order valence-electron chi connectivity index (χ1n) is 12.8.